The maximum absolute atomic E-state index is 13.1. The Morgan fingerprint density at radius 3 is 3.00 bits per heavy atom. The van der Waals surface area contributed by atoms with Gasteiger partial charge in [0.05, 0.1) is 10.6 Å². The third-order valence-corrected chi connectivity index (χ3v) is 5.66. The van der Waals surface area contributed by atoms with Crippen molar-refractivity contribution in [2.75, 3.05) is 13.1 Å². The lowest BCUT2D eigenvalue weighted by Gasteiger charge is -2.37. The molecule has 0 spiro atoms. The molecule has 25 heavy (non-hydrogen) atoms. The number of aliphatic imine (C=N–C) groups is 1. The zero-order valence-electron chi connectivity index (χ0n) is 14.6. The topological polar surface area (TPSA) is 84.7 Å². The average molecular weight is 359 g/mol. The summed E-state index contributed by atoms with van der Waals surface area (Å²) in [6.07, 6.45) is 9.25. The van der Waals surface area contributed by atoms with Gasteiger partial charge in [-0.3, -0.25) is 4.79 Å². The standard InChI is InChI=1S/C19H26N4OS/c1-2-6-23(12-14-8-13(9-14)3-5-20)19(24)15-10-17-16(4-7-25-17)22-18(21)11-15/h3-5,7,10,13-14H,2,6,8-9,11-12,20H2,1H3,(H2,21,22)/b5-3+. The second-order valence-electron chi connectivity index (χ2n) is 6.85. The first kappa shape index (κ1) is 17.7. The number of rotatable bonds is 6. The molecule has 0 unspecified atom stereocenters. The SMILES string of the molecule is CCCN(CC1CC(/C=C/N)C1)C(=O)C1=Cc2sccc2N=C(N)C1. The summed E-state index contributed by atoms with van der Waals surface area (Å²) in [5.74, 6) is 1.73. The quantitative estimate of drug-likeness (QED) is 0.818. The molecule has 2 aliphatic rings. The summed E-state index contributed by atoms with van der Waals surface area (Å²) >= 11 is 1.59. The van der Waals surface area contributed by atoms with E-state index >= 15 is 0 Å². The van der Waals surface area contributed by atoms with Gasteiger partial charge >= 0.3 is 0 Å². The van der Waals surface area contributed by atoms with Crippen LogP contribution in [0.4, 0.5) is 5.69 Å². The maximum Gasteiger partial charge on any atom is 0.250 e. The van der Waals surface area contributed by atoms with Crippen LogP contribution in [0.1, 0.15) is 37.5 Å². The summed E-state index contributed by atoms with van der Waals surface area (Å²) in [5.41, 5.74) is 13.1. The fraction of sp³-hybridized carbons (Fsp3) is 0.474. The Morgan fingerprint density at radius 1 is 1.48 bits per heavy atom. The highest BCUT2D eigenvalue weighted by Crippen LogP contribution is 2.36. The van der Waals surface area contributed by atoms with Crippen LogP contribution in [0.15, 0.2) is 34.3 Å². The number of hydrogen-bond acceptors (Lipinski definition) is 5. The Kier molecular flexibility index (Phi) is 5.58. The van der Waals surface area contributed by atoms with Crippen molar-refractivity contribution < 1.29 is 4.79 Å². The van der Waals surface area contributed by atoms with Crippen LogP contribution in [-0.2, 0) is 4.79 Å². The van der Waals surface area contributed by atoms with E-state index in [9.17, 15) is 4.79 Å². The van der Waals surface area contributed by atoms with Gasteiger partial charge in [-0.15, -0.1) is 11.3 Å². The minimum absolute atomic E-state index is 0.0964. The van der Waals surface area contributed by atoms with Gasteiger partial charge in [-0.05, 0) is 54.8 Å². The van der Waals surface area contributed by atoms with E-state index in [2.05, 4.69) is 18.0 Å². The number of allylic oxidation sites excluding steroid dienone is 1. The van der Waals surface area contributed by atoms with Crippen molar-refractivity contribution in [3.63, 3.8) is 0 Å². The summed E-state index contributed by atoms with van der Waals surface area (Å²) in [7, 11) is 0. The largest absolute Gasteiger partial charge is 0.405 e. The van der Waals surface area contributed by atoms with Crippen LogP contribution in [0.25, 0.3) is 6.08 Å². The molecule has 1 amide bonds. The minimum atomic E-state index is 0.0964. The lowest BCUT2D eigenvalue weighted by Crippen LogP contribution is -2.41. The van der Waals surface area contributed by atoms with E-state index in [1.165, 1.54) is 0 Å². The van der Waals surface area contributed by atoms with Crippen LogP contribution in [-0.4, -0.2) is 29.7 Å². The number of nitrogens with two attached hydrogens (primary N) is 2. The van der Waals surface area contributed by atoms with Crippen molar-refractivity contribution in [1.29, 1.82) is 0 Å². The molecule has 1 aliphatic heterocycles. The van der Waals surface area contributed by atoms with Crippen LogP contribution >= 0.6 is 11.3 Å². The molecule has 0 radical (unpaired) electrons. The molecule has 4 N–H and O–H groups in total. The molecule has 1 fully saturated rings. The molecule has 1 aromatic rings. The van der Waals surface area contributed by atoms with Gasteiger partial charge in [0.1, 0.15) is 5.84 Å². The lowest BCUT2D eigenvalue weighted by atomic mass is 9.74. The van der Waals surface area contributed by atoms with Gasteiger partial charge in [-0.2, -0.15) is 0 Å². The van der Waals surface area contributed by atoms with Crippen molar-refractivity contribution in [2.45, 2.75) is 32.6 Å². The van der Waals surface area contributed by atoms with Gasteiger partial charge in [0.15, 0.2) is 0 Å². The molecule has 0 bridgehead atoms. The molecule has 0 saturated heterocycles. The zero-order chi connectivity index (χ0) is 17.8. The van der Waals surface area contributed by atoms with E-state index in [-0.39, 0.29) is 5.91 Å². The highest BCUT2D eigenvalue weighted by molar-refractivity contribution is 7.11. The normalized spacial score (nSPS) is 22.6. The number of hydrogen-bond donors (Lipinski definition) is 2. The average Bonchev–Trinajstić information content (AvgIpc) is 2.90. The predicted octanol–water partition coefficient (Wildman–Crippen LogP) is 3.26. The van der Waals surface area contributed by atoms with Crippen LogP contribution in [0.5, 0.6) is 0 Å². The number of fused-ring (bicyclic) bond motifs is 1. The molecular formula is C19H26N4OS. The highest BCUT2D eigenvalue weighted by atomic mass is 32.1. The Bertz CT molecular complexity index is 713. The highest BCUT2D eigenvalue weighted by Gasteiger charge is 2.31. The zero-order valence-corrected chi connectivity index (χ0v) is 15.5. The summed E-state index contributed by atoms with van der Waals surface area (Å²) < 4.78 is 0. The van der Waals surface area contributed by atoms with Crippen LogP contribution in [0.3, 0.4) is 0 Å². The van der Waals surface area contributed by atoms with Gasteiger partial charge in [-0.25, -0.2) is 4.99 Å². The Balaban J connectivity index is 1.71. The molecule has 5 nitrogen and oxygen atoms in total. The van der Waals surface area contributed by atoms with E-state index in [0.29, 0.717) is 24.1 Å². The van der Waals surface area contributed by atoms with E-state index in [1.54, 1.807) is 17.5 Å². The van der Waals surface area contributed by atoms with Gasteiger partial charge in [0.25, 0.3) is 0 Å². The van der Waals surface area contributed by atoms with Crippen molar-refractivity contribution in [3.8, 4) is 0 Å². The Labute approximate surface area is 153 Å². The summed E-state index contributed by atoms with van der Waals surface area (Å²) in [6.45, 7) is 3.70. The van der Waals surface area contributed by atoms with Crippen LogP contribution in [0, 0.1) is 11.8 Å². The first-order valence-electron chi connectivity index (χ1n) is 8.89. The summed E-state index contributed by atoms with van der Waals surface area (Å²) in [4.78, 5) is 20.5. The first-order chi connectivity index (χ1) is 12.1. The molecule has 2 heterocycles. The van der Waals surface area contributed by atoms with Crippen LogP contribution < -0.4 is 11.5 Å². The number of thiophene rings is 1. The Hall–Kier alpha value is -2.08. The molecule has 1 aromatic heterocycles. The van der Waals surface area contributed by atoms with Gasteiger partial charge in [-0.1, -0.05) is 13.0 Å². The molecular weight excluding hydrogens is 332 g/mol. The predicted molar refractivity (Wildman–Crippen MR) is 105 cm³/mol. The fourth-order valence-corrected chi connectivity index (χ4v) is 4.35. The molecule has 1 aliphatic carbocycles. The third kappa shape index (κ3) is 4.12. The number of carbonyl (C=O) groups excluding carboxylic acids is 1. The molecule has 1 saturated carbocycles. The second-order valence-corrected chi connectivity index (χ2v) is 7.80. The first-order valence-corrected chi connectivity index (χ1v) is 9.77. The molecule has 3 rings (SSSR count). The van der Waals surface area contributed by atoms with E-state index in [4.69, 9.17) is 11.5 Å². The van der Waals surface area contributed by atoms with Gasteiger partial charge in [0, 0.05) is 25.1 Å². The Morgan fingerprint density at radius 2 is 2.28 bits per heavy atom. The third-order valence-electron chi connectivity index (χ3n) is 4.80. The van der Waals surface area contributed by atoms with E-state index in [1.807, 2.05) is 22.4 Å². The number of carbonyl (C=O) groups is 1. The smallest absolute Gasteiger partial charge is 0.250 e. The number of nitrogens with zero attached hydrogens (tertiary/aromatic N) is 2. The van der Waals surface area contributed by atoms with Gasteiger partial charge in [0.2, 0.25) is 5.91 Å². The number of amides is 1. The van der Waals surface area contributed by atoms with Crippen molar-refractivity contribution in [1.82, 2.24) is 4.90 Å². The molecule has 0 atom stereocenters. The maximum atomic E-state index is 13.1. The summed E-state index contributed by atoms with van der Waals surface area (Å²) in [6, 6.07) is 1.94. The van der Waals surface area contributed by atoms with Crippen molar-refractivity contribution in [3.05, 3.63) is 34.2 Å². The summed E-state index contributed by atoms with van der Waals surface area (Å²) in [5, 5.41) is 1.98. The lowest BCUT2D eigenvalue weighted by molar-refractivity contribution is -0.128. The second kappa shape index (κ2) is 7.87. The fourth-order valence-electron chi connectivity index (χ4n) is 3.56. The van der Waals surface area contributed by atoms with Gasteiger partial charge < -0.3 is 16.4 Å². The van der Waals surface area contributed by atoms with E-state index in [0.717, 1.165) is 48.5 Å². The number of amidine groups is 1. The van der Waals surface area contributed by atoms with Crippen LogP contribution in [0.2, 0.25) is 0 Å². The van der Waals surface area contributed by atoms with Crippen molar-refractivity contribution in [2.24, 2.45) is 28.3 Å². The molecule has 0 aromatic carbocycles. The minimum Gasteiger partial charge on any atom is -0.405 e. The van der Waals surface area contributed by atoms with Crippen molar-refractivity contribution >= 4 is 34.8 Å². The van der Waals surface area contributed by atoms with E-state index < -0.39 is 0 Å². The monoisotopic (exact) mass is 358 g/mol. The molecule has 134 valence electrons. The molecule has 6 heteroatoms.